The molecule has 0 bridgehead atoms. The second-order valence-corrected chi connectivity index (χ2v) is 5.85. The predicted octanol–water partition coefficient (Wildman–Crippen LogP) is 3.61. The van der Waals surface area contributed by atoms with Gasteiger partial charge in [0.25, 0.3) is 5.91 Å². The number of benzene rings is 1. The molecule has 0 spiro atoms. The Labute approximate surface area is 138 Å². The SMILES string of the molecule is CCOCCCn1c(C)c(C(N)=O)c(-c2ccc(C)cc2)c1C. The molecule has 0 saturated carbocycles. The summed E-state index contributed by atoms with van der Waals surface area (Å²) >= 11 is 0. The summed E-state index contributed by atoms with van der Waals surface area (Å²) in [5.41, 5.74) is 11.5. The summed E-state index contributed by atoms with van der Waals surface area (Å²) in [5.74, 6) is -0.371. The number of rotatable bonds is 7. The van der Waals surface area contributed by atoms with Gasteiger partial charge in [0.05, 0.1) is 5.56 Å². The van der Waals surface area contributed by atoms with Crippen molar-refractivity contribution in [2.24, 2.45) is 5.73 Å². The molecule has 124 valence electrons. The van der Waals surface area contributed by atoms with Crippen molar-refractivity contribution in [3.8, 4) is 11.1 Å². The van der Waals surface area contributed by atoms with E-state index in [1.807, 2.05) is 26.0 Å². The Balaban J connectivity index is 2.44. The molecule has 2 aromatic rings. The minimum absolute atomic E-state index is 0.371. The number of aryl methyl sites for hydroxylation is 1. The third kappa shape index (κ3) is 3.64. The Bertz CT molecular complexity index is 684. The van der Waals surface area contributed by atoms with Gasteiger partial charge in [-0.1, -0.05) is 29.8 Å². The number of hydrogen-bond donors (Lipinski definition) is 1. The lowest BCUT2D eigenvalue weighted by molar-refractivity contribution is 0.1000. The number of hydrogen-bond acceptors (Lipinski definition) is 2. The Kier molecular flexibility index (Phi) is 5.61. The molecule has 1 aromatic carbocycles. The van der Waals surface area contributed by atoms with E-state index >= 15 is 0 Å². The van der Waals surface area contributed by atoms with Gasteiger partial charge >= 0.3 is 0 Å². The predicted molar refractivity (Wildman–Crippen MR) is 93.7 cm³/mol. The van der Waals surface area contributed by atoms with Gasteiger partial charge in [0, 0.05) is 36.7 Å². The molecule has 4 nitrogen and oxygen atoms in total. The lowest BCUT2D eigenvalue weighted by Gasteiger charge is -2.10. The number of nitrogens with two attached hydrogens (primary N) is 1. The van der Waals surface area contributed by atoms with E-state index in [0.717, 1.165) is 48.7 Å². The maximum absolute atomic E-state index is 12.0. The molecule has 23 heavy (non-hydrogen) atoms. The number of ether oxygens (including phenoxy) is 1. The zero-order valence-electron chi connectivity index (χ0n) is 14.5. The van der Waals surface area contributed by atoms with Crippen molar-refractivity contribution in [1.82, 2.24) is 4.57 Å². The highest BCUT2D eigenvalue weighted by molar-refractivity contribution is 6.02. The van der Waals surface area contributed by atoms with E-state index < -0.39 is 0 Å². The van der Waals surface area contributed by atoms with Crippen LogP contribution >= 0.6 is 0 Å². The van der Waals surface area contributed by atoms with Crippen LogP contribution in [0.1, 0.15) is 40.7 Å². The summed E-state index contributed by atoms with van der Waals surface area (Å²) in [6.07, 6.45) is 0.912. The molecule has 0 unspecified atom stereocenters. The average Bonchev–Trinajstić information content (AvgIpc) is 2.76. The van der Waals surface area contributed by atoms with Crippen LogP contribution in [0.25, 0.3) is 11.1 Å². The average molecular weight is 314 g/mol. The van der Waals surface area contributed by atoms with Crippen molar-refractivity contribution in [2.75, 3.05) is 13.2 Å². The number of primary amides is 1. The molecule has 1 aromatic heterocycles. The van der Waals surface area contributed by atoms with Gasteiger partial charge in [0.1, 0.15) is 0 Å². The number of carbonyl (C=O) groups is 1. The molecule has 1 amide bonds. The molecular weight excluding hydrogens is 288 g/mol. The molecule has 1 heterocycles. The van der Waals surface area contributed by atoms with Crippen LogP contribution in [0.15, 0.2) is 24.3 Å². The summed E-state index contributed by atoms with van der Waals surface area (Å²) in [7, 11) is 0. The lowest BCUT2D eigenvalue weighted by Crippen LogP contribution is -2.13. The van der Waals surface area contributed by atoms with Gasteiger partial charge < -0.3 is 15.0 Å². The first-order valence-corrected chi connectivity index (χ1v) is 8.11. The molecule has 0 saturated heterocycles. The van der Waals surface area contributed by atoms with Crippen molar-refractivity contribution >= 4 is 5.91 Å². The zero-order chi connectivity index (χ0) is 17.0. The fourth-order valence-electron chi connectivity index (χ4n) is 3.06. The van der Waals surface area contributed by atoms with E-state index in [-0.39, 0.29) is 5.91 Å². The zero-order valence-corrected chi connectivity index (χ0v) is 14.5. The van der Waals surface area contributed by atoms with Crippen LogP contribution in [-0.2, 0) is 11.3 Å². The Morgan fingerprint density at radius 2 is 1.78 bits per heavy atom. The molecule has 0 aliphatic heterocycles. The largest absolute Gasteiger partial charge is 0.382 e. The molecular formula is C19H26N2O2. The molecule has 0 aliphatic carbocycles. The molecule has 0 aliphatic rings. The van der Waals surface area contributed by atoms with Crippen molar-refractivity contribution < 1.29 is 9.53 Å². The third-order valence-electron chi connectivity index (χ3n) is 4.24. The van der Waals surface area contributed by atoms with Gasteiger partial charge in [0.15, 0.2) is 0 Å². The highest BCUT2D eigenvalue weighted by atomic mass is 16.5. The maximum atomic E-state index is 12.0. The van der Waals surface area contributed by atoms with Crippen LogP contribution in [0, 0.1) is 20.8 Å². The Morgan fingerprint density at radius 3 is 2.35 bits per heavy atom. The van der Waals surface area contributed by atoms with Crippen molar-refractivity contribution in [1.29, 1.82) is 0 Å². The second-order valence-electron chi connectivity index (χ2n) is 5.85. The fourth-order valence-corrected chi connectivity index (χ4v) is 3.06. The molecule has 0 fully saturated rings. The maximum Gasteiger partial charge on any atom is 0.251 e. The molecule has 0 atom stereocenters. The van der Waals surface area contributed by atoms with Crippen LogP contribution in [0.5, 0.6) is 0 Å². The highest BCUT2D eigenvalue weighted by Crippen LogP contribution is 2.32. The summed E-state index contributed by atoms with van der Waals surface area (Å²) < 4.78 is 7.59. The quantitative estimate of drug-likeness (QED) is 0.794. The van der Waals surface area contributed by atoms with Gasteiger partial charge in [-0.05, 0) is 39.7 Å². The van der Waals surface area contributed by atoms with Crippen molar-refractivity contribution in [3.05, 3.63) is 46.8 Å². The van der Waals surface area contributed by atoms with E-state index in [9.17, 15) is 4.79 Å². The molecule has 2 N–H and O–H groups in total. The normalized spacial score (nSPS) is 11.0. The molecule has 0 radical (unpaired) electrons. The van der Waals surface area contributed by atoms with Crippen molar-refractivity contribution in [3.63, 3.8) is 0 Å². The first-order valence-electron chi connectivity index (χ1n) is 8.11. The number of aromatic nitrogens is 1. The number of nitrogens with zero attached hydrogens (tertiary/aromatic N) is 1. The number of carbonyl (C=O) groups excluding carboxylic acids is 1. The first kappa shape index (κ1) is 17.3. The minimum Gasteiger partial charge on any atom is -0.382 e. The third-order valence-corrected chi connectivity index (χ3v) is 4.24. The van der Waals surface area contributed by atoms with Gasteiger partial charge in [-0.2, -0.15) is 0 Å². The second kappa shape index (κ2) is 7.47. The summed E-state index contributed by atoms with van der Waals surface area (Å²) in [6, 6.07) is 8.21. The number of amides is 1. The standard InChI is InChI=1S/C19H26N2O2/c1-5-23-12-6-11-21-14(3)17(18(15(21)4)19(20)22)16-9-7-13(2)8-10-16/h7-10H,5-6,11-12H2,1-4H3,(H2,20,22). The summed E-state index contributed by atoms with van der Waals surface area (Å²) in [5, 5.41) is 0. The van der Waals surface area contributed by atoms with Gasteiger partial charge in [-0.3, -0.25) is 4.79 Å². The van der Waals surface area contributed by atoms with Gasteiger partial charge in [0.2, 0.25) is 0 Å². The van der Waals surface area contributed by atoms with Crippen LogP contribution in [0.2, 0.25) is 0 Å². The topological polar surface area (TPSA) is 57.2 Å². The van der Waals surface area contributed by atoms with E-state index in [1.165, 1.54) is 5.56 Å². The van der Waals surface area contributed by atoms with Crippen LogP contribution in [0.3, 0.4) is 0 Å². The van der Waals surface area contributed by atoms with E-state index in [2.05, 4.69) is 30.5 Å². The van der Waals surface area contributed by atoms with Gasteiger partial charge in [-0.25, -0.2) is 0 Å². The highest BCUT2D eigenvalue weighted by Gasteiger charge is 2.22. The minimum atomic E-state index is -0.371. The van der Waals surface area contributed by atoms with Crippen molar-refractivity contribution in [2.45, 2.75) is 40.7 Å². The lowest BCUT2D eigenvalue weighted by atomic mass is 9.99. The van der Waals surface area contributed by atoms with Crippen LogP contribution < -0.4 is 5.73 Å². The van der Waals surface area contributed by atoms with E-state index in [4.69, 9.17) is 10.5 Å². The summed E-state index contributed by atoms with van der Waals surface area (Å²) in [4.78, 5) is 12.0. The Hall–Kier alpha value is -2.07. The van der Waals surface area contributed by atoms with E-state index in [0.29, 0.717) is 5.56 Å². The fraction of sp³-hybridized carbons (Fsp3) is 0.421. The van der Waals surface area contributed by atoms with Gasteiger partial charge in [-0.15, -0.1) is 0 Å². The smallest absolute Gasteiger partial charge is 0.251 e. The van der Waals surface area contributed by atoms with Crippen LogP contribution in [0.4, 0.5) is 0 Å². The molecule has 4 heteroatoms. The summed E-state index contributed by atoms with van der Waals surface area (Å²) in [6.45, 7) is 10.3. The molecule has 2 rings (SSSR count). The van der Waals surface area contributed by atoms with E-state index in [1.54, 1.807) is 0 Å². The van der Waals surface area contributed by atoms with Crippen LogP contribution in [-0.4, -0.2) is 23.7 Å². The first-order chi connectivity index (χ1) is 11.0. The Morgan fingerprint density at radius 1 is 1.13 bits per heavy atom. The monoisotopic (exact) mass is 314 g/mol.